The third-order valence-electron chi connectivity index (χ3n) is 3.47. The maximum atomic E-state index is 5.57. The van der Waals surface area contributed by atoms with Crippen LogP contribution < -0.4 is 10.6 Å². The lowest BCUT2D eigenvalue weighted by Gasteiger charge is -2.15. The van der Waals surface area contributed by atoms with Crippen LogP contribution in [0.4, 0.5) is 11.8 Å². The number of hydrogen-bond acceptors (Lipinski definition) is 5. The summed E-state index contributed by atoms with van der Waals surface area (Å²) in [5, 5.41) is 6.63. The van der Waals surface area contributed by atoms with Gasteiger partial charge in [-0.25, -0.2) is 4.98 Å². The standard InChI is InChI=1S/C14H24N4O/c1-4-6-15-14-17-10(2)8-13(18-14)16-9-12-5-7-19-11(12)3/h8,11-12H,4-7,9H2,1-3H3,(H2,15,16,17,18). The SMILES string of the molecule is CCCNc1nc(C)cc(NCC2CCOC2C)n1. The molecule has 0 spiro atoms. The van der Waals surface area contributed by atoms with Crippen molar-refractivity contribution >= 4 is 11.8 Å². The second kappa shape index (κ2) is 6.70. The van der Waals surface area contributed by atoms with Gasteiger partial charge in [0.25, 0.3) is 0 Å². The van der Waals surface area contributed by atoms with Crippen molar-refractivity contribution in [1.82, 2.24) is 9.97 Å². The van der Waals surface area contributed by atoms with E-state index in [0.717, 1.165) is 44.0 Å². The van der Waals surface area contributed by atoms with E-state index in [9.17, 15) is 0 Å². The van der Waals surface area contributed by atoms with Crippen LogP contribution in [0.1, 0.15) is 32.4 Å². The molecule has 1 aliphatic rings. The van der Waals surface area contributed by atoms with Gasteiger partial charge in [0.1, 0.15) is 5.82 Å². The minimum absolute atomic E-state index is 0.341. The Morgan fingerprint density at radius 3 is 2.89 bits per heavy atom. The van der Waals surface area contributed by atoms with Crippen LogP contribution in [-0.2, 0) is 4.74 Å². The van der Waals surface area contributed by atoms with Crippen molar-refractivity contribution in [3.05, 3.63) is 11.8 Å². The number of nitrogens with one attached hydrogen (secondary N) is 2. The molecule has 1 aliphatic heterocycles. The summed E-state index contributed by atoms with van der Waals surface area (Å²) in [6.07, 6.45) is 2.53. The molecule has 5 heteroatoms. The minimum atomic E-state index is 0.341. The number of rotatable bonds is 6. The lowest BCUT2D eigenvalue weighted by molar-refractivity contribution is 0.108. The van der Waals surface area contributed by atoms with Crippen molar-refractivity contribution in [2.24, 2.45) is 5.92 Å². The Morgan fingerprint density at radius 1 is 1.37 bits per heavy atom. The highest BCUT2D eigenvalue weighted by atomic mass is 16.5. The van der Waals surface area contributed by atoms with Gasteiger partial charge in [0, 0.05) is 37.4 Å². The average Bonchev–Trinajstić information content (AvgIpc) is 2.79. The van der Waals surface area contributed by atoms with Gasteiger partial charge in [-0.3, -0.25) is 0 Å². The van der Waals surface area contributed by atoms with E-state index >= 15 is 0 Å². The van der Waals surface area contributed by atoms with E-state index in [1.54, 1.807) is 0 Å². The molecule has 0 bridgehead atoms. The van der Waals surface area contributed by atoms with Crippen LogP contribution in [0.3, 0.4) is 0 Å². The van der Waals surface area contributed by atoms with Crippen LogP contribution in [-0.4, -0.2) is 35.8 Å². The number of anilines is 2. The van der Waals surface area contributed by atoms with Crippen molar-refractivity contribution in [2.45, 2.75) is 39.7 Å². The number of aryl methyl sites for hydroxylation is 1. The number of ether oxygens (including phenoxy) is 1. The lowest BCUT2D eigenvalue weighted by atomic mass is 10.0. The second-order valence-electron chi connectivity index (χ2n) is 5.15. The lowest BCUT2D eigenvalue weighted by Crippen LogP contribution is -2.21. The van der Waals surface area contributed by atoms with Crippen molar-refractivity contribution in [1.29, 1.82) is 0 Å². The van der Waals surface area contributed by atoms with E-state index in [-0.39, 0.29) is 0 Å². The van der Waals surface area contributed by atoms with Crippen LogP contribution in [0.15, 0.2) is 6.07 Å². The molecule has 0 amide bonds. The zero-order valence-corrected chi connectivity index (χ0v) is 12.1. The fourth-order valence-electron chi connectivity index (χ4n) is 2.25. The number of hydrogen-bond donors (Lipinski definition) is 2. The van der Waals surface area contributed by atoms with Gasteiger partial charge in [-0.1, -0.05) is 6.92 Å². The van der Waals surface area contributed by atoms with Gasteiger partial charge in [-0.05, 0) is 26.7 Å². The zero-order chi connectivity index (χ0) is 13.7. The maximum absolute atomic E-state index is 5.57. The van der Waals surface area contributed by atoms with E-state index in [4.69, 9.17) is 4.74 Å². The molecule has 0 saturated carbocycles. The van der Waals surface area contributed by atoms with Gasteiger partial charge in [-0.15, -0.1) is 0 Å². The molecule has 106 valence electrons. The summed E-state index contributed by atoms with van der Waals surface area (Å²) < 4.78 is 5.57. The summed E-state index contributed by atoms with van der Waals surface area (Å²) >= 11 is 0. The average molecular weight is 264 g/mol. The molecule has 2 heterocycles. The van der Waals surface area contributed by atoms with Gasteiger partial charge >= 0.3 is 0 Å². The molecule has 1 fully saturated rings. The molecular formula is C14H24N4O. The van der Waals surface area contributed by atoms with Crippen LogP contribution in [0.25, 0.3) is 0 Å². The molecule has 0 radical (unpaired) electrons. The Balaban J connectivity index is 1.93. The summed E-state index contributed by atoms with van der Waals surface area (Å²) in [6, 6.07) is 1.98. The minimum Gasteiger partial charge on any atom is -0.378 e. The molecule has 2 N–H and O–H groups in total. The van der Waals surface area contributed by atoms with Crippen LogP contribution in [0, 0.1) is 12.8 Å². The Labute approximate surface area is 115 Å². The quantitative estimate of drug-likeness (QED) is 0.826. The number of aromatic nitrogens is 2. The third kappa shape index (κ3) is 4.06. The van der Waals surface area contributed by atoms with E-state index in [1.807, 2.05) is 13.0 Å². The monoisotopic (exact) mass is 264 g/mol. The first-order chi connectivity index (χ1) is 9.19. The zero-order valence-electron chi connectivity index (χ0n) is 12.1. The normalized spacial score (nSPS) is 22.5. The summed E-state index contributed by atoms with van der Waals surface area (Å²) in [6.45, 7) is 8.94. The van der Waals surface area contributed by atoms with Gasteiger partial charge < -0.3 is 15.4 Å². The Bertz CT molecular complexity index is 410. The van der Waals surface area contributed by atoms with Gasteiger partial charge in [0.2, 0.25) is 5.95 Å². The molecule has 19 heavy (non-hydrogen) atoms. The van der Waals surface area contributed by atoms with E-state index < -0.39 is 0 Å². The Kier molecular flexibility index (Phi) is 4.96. The molecular weight excluding hydrogens is 240 g/mol. The molecule has 2 unspecified atom stereocenters. The topological polar surface area (TPSA) is 59.1 Å². The van der Waals surface area contributed by atoms with E-state index in [2.05, 4.69) is 34.4 Å². The fraction of sp³-hybridized carbons (Fsp3) is 0.714. The highest BCUT2D eigenvalue weighted by Crippen LogP contribution is 2.21. The molecule has 2 atom stereocenters. The largest absolute Gasteiger partial charge is 0.378 e. The predicted molar refractivity (Wildman–Crippen MR) is 77.6 cm³/mol. The van der Waals surface area contributed by atoms with E-state index in [1.165, 1.54) is 0 Å². The molecule has 2 rings (SSSR count). The summed E-state index contributed by atoms with van der Waals surface area (Å²) in [4.78, 5) is 8.86. The summed E-state index contributed by atoms with van der Waals surface area (Å²) in [5.41, 5.74) is 0.979. The molecule has 0 aliphatic carbocycles. The Hall–Kier alpha value is -1.36. The first-order valence-electron chi connectivity index (χ1n) is 7.14. The van der Waals surface area contributed by atoms with Crippen LogP contribution >= 0.6 is 0 Å². The van der Waals surface area contributed by atoms with Crippen molar-refractivity contribution in [3.8, 4) is 0 Å². The van der Waals surface area contributed by atoms with Crippen LogP contribution in [0.5, 0.6) is 0 Å². The van der Waals surface area contributed by atoms with Crippen molar-refractivity contribution in [2.75, 3.05) is 30.3 Å². The maximum Gasteiger partial charge on any atom is 0.224 e. The fourth-order valence-corrected chi connectivity index (χ4v) is 2.25. The van der Waals surface area contributed by atoms with Gasteiger partial charge in [-0.2, -0.15) is 4.98 Å². The molecule has 1 aromatic heterocycles. The van der Waals surface area contributed by atoms with Gasteiger partial charge in [0.05, 0.1) is 6.10 Å². The van der Waals surface area contributed by atoms with Crippen molar-refractivity contribution in [3.63, 3.8) is 0 Å². The second-order valence-corrected chi connectivity index (χ2v) is 5.15. The van der Waals surface area contributed by atoms with Crippen molar-refractivity contribution < 1.29 is 4.74 Å². The summed E-state index contributed by atoms with van der Waals surface area (Å²) in [5.74, 6) is 2.17. The molecule has 1 aromatic rings. The van der Waals surface area contributed by atoms with E-state index in [0.29, 0.717) is 18.0 Å². The molecule has 1 saturated heterocycles. The Morgan fingerprint density at radius 2 is 2.21 bits per heavy atom. The molecule has 5 nitrogen and oxygen atoms in total. The first kappa shape index (κ1) is 14.1. The highest BCUT2D eigenvalue weighted by Gasteiger charge is 2.23. The molecule has 0 aromatic carbocycles. The predicted octanol–water partition coefficient (Wildman–Crippen LogP) is 2.44. The van der Waals surface area contributed by atoms with Gasteiger partial charge in [0.15, 0.2) is 0 Å². The van der Waals surface area contributed by atoms with Crippen LogP contribution in [0.2, 0.25) is 0 Å². The third-order valence-corrected chi connectivity index (χ3v) is 3.47. The number of nitrogens with zero attached hydrogens (tertiary/aromatic N) is 2. The smallest absolute Gasteiger partial charge is 0.224 e. The first-order valence-corrected chi connectivity index (χ1v) is 7.14. The highest BCUT2D eigenvalue weighted by molar-refractivity contribution is 5.42. The summed E-state index contributed by atoms with van der Waals surface area (Å²) in [7, 11) is 0.